The summed E-state index contributed by atoms with van der Waals surface area (Å²) in [4.78, 5) is 26.2. The highest BCUT2D eigenvalue weighted by atomic mass is 35.5. The molecule has 9 heteroatoms. The second-order valence-electron chi connectivity index (χ2n) is 3.53. The van der Waals surface area contributed by atoms with Crippen molar-refractivity contribution in [2.75, 3.05) is 32.2 Å². The number of methoxy groups -OCH3 is 1. The van der Waals surface area contributed by atoms with Gasteiger partial charge in [0.15, 0.2) is 10.8 Å². The van der Waals surface area contributed by atoms with Gasteiger partial charge < -0.3 is 14.5 Å². The Morgan fingerprint density at radius 1 is 1.47 bits per heavy atom. The van der Waals surface area contributed by atoms with Gasteiger partial charge in [0.2, 0.25) is 5.95 Å². The molecule has 0 aliphatic rings. The van der Waals surface area contributed by atoms with Gasteiger partial charge in [-0.05, 0) is 0 Å². The number of halogens is 1. The standard InChI is InChI=1S/C10H12ClN5O3/c1-18-2-3-19-4-6(17)14-10-15-8(11)7-9(16-10)13-5-12-7/h5H,2-4H2,1H3,(H2,12,13,14,15,16,17). The molecule has 0 unspecified atom stereocenters. The number of fused-ring (bicyclic) bond motifs is 1. The van der Waals surface area contributed by atoms with Crippen LogP contribution in [0.1, 0.15) is 0 Å². The molecule has 102 valence electrons. The fourth-order valence-corrected chi connectivity index (χ4v) is 1.54. The zero-order valence-corrected chi connectivity index (χ0v) is 10.9. The maximum absolute atomic E-state index is 11.5. The monoisotopic (exact) mass is 285 g/mol. The average Bonchev–Trinajstić information content (AvgIpc) is 2.83. The molecule has 0 atom stereocenters. The number of nitrogens with one attached hydrogen (secondary N) is 2. The SMILES string of the molecule is COCCOCC(=O)Nc1nc(Cl)c2[nH]cnc2n1. The Bertz CT molecular complexity index is 573. The molecular weight excluding hydrogens is 274 g/mol. The first-order chi connectivity index (χ1) is 9.20. The van der Waals surface area contributed by atoms with Crippen LogP contribution in [-0.4, -0.2) is 52.8 Å². The average molecular weight is 286 g/mol. The van der Waals surface area contributed by atoms with Crippen LogP contribution in [0, 0.1) is 0 Å². The number of hydrogen-bond donors (Lipinski definition) is 2. The molecule has 1 amide bonds. The largest absolute Gasteiger partial charge is 0.382 e. The summed E-state index contributed by atoms with van der Waals surface area (Å²) < 4.78 is 9.85. The lowest BCUT2D eigenvalue weighted by atomic mass is 10.5. The van der Waals surface area contributed by atoms with E-state index in [-0.39, 0.29) is 23.6 Å². The van der Waals surface area contributed by atoms with Gasteiger partial charge in [-0.2, -0.15) is 9.97 Å². The molecule has 19 heavy (non-hydrogen) atoms. The Balaban J connectivity index is 1.95. The molecule has 2 heterocycles. The van der Waals surface area contributed by atoms with Crippen molar-refractivity contribution in [3.8, 4) is 0 Å². The molecule has 0 bridgehead atoms. The maximum Gasteiger partial charge on any atom is 0.252 e. The summed E-state index contributed by atoms with van der Waals surface area (Å²) in [7, 11) is 1.55. The summed E-state index contributed by atoms with van der Waals surface area (Å²) >= 11 is 5.91. The number of ether oxygens (including phenoxy) is 2. The summed E-state index contributed by atoms with van der Waals surface area (Å²) in [5.41, 5.74) is 0.909. The second kappa shape index (κ2) is 6.41. The Kier molecular flexibility index (Phi) is 4.61. The van der Waals surface area contributed by atoms with Crippen LogP contribution in [0.5, 0.6) is 0 Å². The van der Waals surface area contributed by atoms with Crippen LogP contribution in [0.25, 0.3) is 11.2 Å². The van der Waals surface area contributed by atoms with Crippen molar-refractivity contribution in [2.45, 2.75) is 0 Å². The van der Waals surface area contributed by atoms with Crippen molar-refractivity contribution in [1.29, 1.82) is 0 Å². The predicted molar refractivity (Wildman–Crippen MR) is 68.0 cm³/mol. The molecule has 0 spiro atoms. The van der Waals surface area contributed by atoms with Crippen molar-refractivity contribution in [3.63, 3.8) is 0 Å². The van der Waals surface area contributed by atoms with Gasteiger partial charge in [-0.25, -0.2) is 4.98 Å². The van der Waals surface area contributed by atoms with E-state index in [0.29, 0.717) is 24.4 Å². The Hall–Kier alpha value is -1.77. The van der Waals surface area contributed by atoms with Crippen molar-refractivity contribution in [2.24, 2.45) is 0 Å². The molecule has 0 aliphatic heterocycles. The topological polar surface area (TPSA) is 102 Å². The highest BCUT2D eigenvalue weighted by Crippen LogP contribution is 2.17. The lowest BCUT2D eigenvalue weighted by Crippen LogP contribution is -2.21. The Morgan fingerprint density at radius 3 is 3.11 bits per heavy atom. The molecule has 2 rings (SSSR count). The van der Waals surface area contributed by atoms with E-state index < -0.39 is 0 Å². The summed E-state index contributed by atoms with van der Waals surface area (Å²) in [6.45, 7) is 0.654. The molecule has 0 fully saturated rings. The van der Waals surface area contributed by atoms with Gasteiger partial charge >= 0.3 is 0 Å². The van der Waals surface area contributed by atoms with E-state index in [1.54, 1.807) is 7.11 Å². The minimum absolute atomic E-state index is 0.0879. The van der Waals surface area contributed by atoms with Crippen LogP contribution in [-0.2, 0) is 14.3 Å². The Morgan fingerprint density at radius 2 is 2.32 bits per heavy atom. The Labute approximate surface area is 113 Å². The minimum atomic E-state index is -0.373. The van der Waals surface area contributed by atoms with E-state index in [1.807, 2.05) is 0 Å². The minimum Gasteiger partial charge on any atom is -0.382 e. The van der Waals surface area contributed by atoms with Gasteiger partial charge in [0.1, 0.15) is 12.1 Å². The molecule has 8 nitrogen and oxygen atoms in total. The number of carbonyl (C=O) groups is 1. The van der Waals surface area contributed by atoms with Crippen LogP contribution in [0.3, 0.4) is 0 Å². The highest BCUT2D eigenvalue weighted by Gasteiger charge is 2.10. The first kappa shape index (κ1) is 13.7. The molecule has 0 radical (unpaired) electrons. The molecular formula is C10H12ClN5O3. The molecule has 2 N–H and O–H groups in total. The van der Waals surface area contributed by atoms with E-state index in [2.05, 4.69) is 25.3 Å². The van der Waals surface area contributed by atoms with E-state index in [4.69, 9.17) is 21.1 Å². The number of anilines is 1. The highest BCUT2D eigenvalue weighted by molar-refractivity contribution is 6.33. The van der Waals surface area contributed by atoms with E-state index in [0.717, 1.165) is 0 Å². The van der Waals surface area contributed by atoms with Crippen molar-refractivity contribution >= 4 is 34.6 Å². The lowest BCUT2D eigenvalue weighted by Gasteiger charge is -2.05. The van der Waals surface area contributed by atoms with E-state index in [1.165, 1.54) is 6.33 Å². The molecule has 0 saturated heterocycles. The quantitative estimate of drug-likeness (QED) is 0.595. The van der Waals surface area contributed by atoms with Gasteiger partial charge in [-0.1, -0.05) is 11.6 Å². The number of hydrogen-bond acceptors (Lipinski definition) is 6. The molecule has 0 aliphatic carbocycles. The van der Waals surface area contributed by atoms with Crippen molar-refractivity contribution < 1.29 is 14.3 Å². The predicted octanol–water partition coefficient (Wildman–Crippen LogP) is 0.608. The van der Waals surface area contributed by atoms with Crippen LogP contribution in [0.4, 0.5) is 5.95 Å². The van der Waals surface area contributed by atoms with Crippen LogP contribution in [0.2, 0.25) is 5.15 Å². The molecule has 2 aromatic rings. The maximum atomic E-state index is 11.5. The van der Waals surface area contributed by atoms with Crippen LogP contribution < -0.4 is 5.32 Å². The van der Waals surface area contributed by atoms with E-state index in [9.17, 15) is 4.79 Å². The molecule has 0 saturated carbocycles. The summed E-state index contributed by atoms with van der Waals surface area (Å²) in [5, 5.41) is 2.67. The fraction of sp³-hybridized carbons (Fsp3) is 0.400. The normalized spacial score (nSPS) is 10.8. The van der Waals surface area contributed by atoms with Crippen molar-refractivity contribution in [1.82, 2.24) is 19.9 Å². The third-order valence-corrected chi connectivity index (χ3v) is 2.43. The van der Waals surface area contributed by atoms with E-state index >= 15 is 0 Å². The molecule has 0 aromatic carbocycles. The summed E-state index contributed by atoms with van der Waals surface area (Å²) in [6.07, 6.45) is 1.45. The third-order valence-electron chi connectivity index (χ3n) is 2.16. The van der Waals surface area contributed by atoms with Gasteiger partial charge in [-0.15, -0.1) is 0 Å². The van der Waals surface area contributed by atoms with Gasteiger partial charge in [0.25, 0.3) is 5.91 Å². The van der Waals surface area contributed by atoms with Gasteiger partial charge in [-0.3, -0.25) is 10.1 Å². The number of amides is 1. The van der Waals surface area contributed by atoms with Crippen molar-refractivity contribution in [3.05, 3.63) is 11.5 Å². The number of carbonyl (C=O) groups excluding carboxylic acids is 1. The number of aromatic amines is 1. The zero-order valence-electron chi connectivity index (χ0n) is 10.1. The third kappa shape index (κ3) is 3.60. The zero-order chi connectivity index (χ0) is 13.7. The van der Waals surface area contributed by atoms with Gasteiger partial charge in [0.05, 0.1) is 19.5 Å². The number of H-pyrrole nitrogens is 1. The lowest BCUT2D eigenvalue weighted by molar-refractivity contribution is -0.121. The fourth-order valence-electron chi connectivity index (χ4n) is 1.32. The van der Waals surface area contributed by atoms with Gasteiger partial charge in [0, 0.05) is 7.11 Å². The number of imidazole rings is 1. The second-order valence-corrected chi connectivity index (χ2v) is 3.89. The smallest absolute Gasteiger partial charge is 0.252 e. The number of nitrogens with zero attached hydrogens (tertiary/aromatic N) is 3. The van der Waals surface area contributed by atoms with Crippen LogP contribution in [0.15, 0.2) is 6.33 Å². The number of aromatic nitrogens is 4. The summed E-state index contributed by atoms with van der Waals surface area (Å²) in [5.74, 6) is -0.285. The molecule has 2 aromatic heterocycles. The summed E-state index contributed by atoms with van der Waals surface area (Å²) in [6, 6.07) is 0. The van der Waals surface area contributed by atoms with Crippen LogP contribution >= 0.6 is 11.6 Å². The number of rotatable bonds is 6. The first-order valence-corrected chi connectivity index (χ1v) is 5.81. The first-order valence-electron chi connectivity index (χ1n) is 5.44.